The first kappa shape index (κ1) is 12.4. The third kappa shape index (κ3) is 3.23. The van der Waals surface area contributed by atoms with Crippen LogP contribution in [0.1, 0.15) is 24.5 Å². The van der Waals surface area contributed by atoms with Crippen molar-refractivity contribution in [3.05, 3.63) is 71.8 Å². The SMILES string of the molecule is C[C@@](O)(CC#Cc1ccccc1)c1ccccc1. The average Bonchev–Trinajstić information content (AvgIpc) is 2.41. The topological polar surface area (TPSA) is 20.2 Å². The largest absolute Gasteiger partial charge is 0.384 e. The molecule has 2 rings (SSSR count). The molecule has 0 aliphatic carbocycles. The minimum atomic E-state index is -0.900. The van der Waals surface area contributed by atoms with Crippen LogP contribution in [0.2, 0.25) is 0 Å². The average molecular weight is 236 g/mol. The van der Waals surface area contributed by atoms with Crippen LogP contribution < -0.4 is 0 Å². The molecule has 2 aromatic rings. The van der Waals surface area contributed by atoms with Crippen molar-refractivity contribution in [1.29, 1.82) is 0 Å². The Morgan fingerprint density at radius 2 is 1.50 bits per heavy atom. The summed E-state index contributed by atoms with van der Waals surface area (Å²) in [7, 11) is 0. The van der Waals surface area contributed by atoms with Gasteiger partial charge in [-0.05, 0) is 24.6 Å². The normalized spacial score (nSPS) is 13.2. The molecule has 0 heterocycles. The molecule has 18 heavy (non-hydrogen) atoms. The van der Waals surface area contributed by atoms with E-state index in [1.807, 2.05) is 60.7 Å². The lowest BCUT2D eigenvalue weighted by atomic mass is 9.93. The zero-order chi connectivity index (χ0) is 12.8. The summed E-state index contributed by atoms with van der Waals surface area (Å²) in [6, 6.07) is 19.4. The Morgan fingerprint density at radius 1 is 0.944 bits per heavy atom. The number of hydrogen-bond donors (Lipinski definition) is 1. The molecular formula is C17H16O. The fourth-order valence-electron chi connectivity index (χ4n) is 1.74. The lowest BCUT2D eigenvalue weighted by Gasteiger charge is -2.20. The van der Waals surface area contributed by atoms with Crippen LogP contribution in [0.25, 0.3) is 0 Å². The molecule has 1 atom stereocenters. The molecule has 0 unspecified atom stereocenters. The fraction of sp³-hybridized carbons (Fsp3) is 0.176. The van der Waals surface area contributed by atoms with Gasteiger partial charge in [0.05, 0.1) is 5.60 Å². The van der Waals surface area contributed by atoms with Crippen molar-refractivity contribution in [2.24, 2.45) is 0 Å². The van der Waals surface area contributed by atoms with E-state index in [0.717, 1.165) is 11.1 Å². The molecule has 0 aromatic heterocycles. The highest BCUT2D eigenvalue weighted by atomic mass is 16.3. The van der Waals surface area contributed by atoms with Gasteiger partial charge in [0.25, 0.3) is 0 Å². The maximum atomic E-state index is 10.4. The number of aliphatic hydroxyl groups is 1. The van der Waals surface area contributed by atoms with Crippen molar-refractivity contribution in [1.82, 2.24) is 0 Å². The maximum absolute atomic E-state index is 10.4. The Morgan fingerprint density at radius 3 is 2.11 bits per heavy atom. The Balaban J connectivity index is 2.09. The van der Waals surface area contributed by atoms with E-state index in [9.17, 15) is 5.11 Å². The van der Waals surface area contributed by atoms with E-state index in [0.29, 0.717) is 6.42 Å². The molecule has 1 nitrogen and oxygen atoms in total. The maximum Gasteiger partial charge on any atom is 0.0977 e. The Kier molecular flexibility index (Phi) is 3.82. The fourth-order valence-corrected chi connectivity index (χ4v) is 1.74. The predicted molar refractivity (Wildman–Crippen MR) is 73.9 cm³/mol. The second-order valence-corrected chi connectivity index (χ2v) is 4.48. The summed E-state index contributed by atoms with van der Waals surface area (Å²) in [5, 5.41) is 10.4. The summed E-state index contributed by atoms with van der Waals surface area (Å²) in [6.45, 7) is 1.79. The lowest BCUT2D eigenvalue weighted by Crippen LogP contribution is -2.19. The molecule has 0 fully saturated rings. The minimum absolute atomic E-state index is 0.423. The van der Waals surface area contributed by atoms with Crippen LogP contribution in [0.5, 0.6) is 0 Å². The zero-order valence-electron chi connectivity index (χ0n) is 10.4. The van der Waals surface area contributed by atoms with Crippen molar-refractivity contribution >= 4 is 0 Å². The molecule has 0 saturated carbocycles. The Bertz CT molecular complexity index is 544. The van der Waals surface area contributed by atoms with Gasteiger partial charge in [0.2, 0.25) is 0 Å². The van der Waals surface area contributed by atoms with E-state index in [-0.39, 0.29) is 0 Å². The van der Waals surface area contributed by atoms with Crippen molar-refractivity contribution in [3.63, 3.8) is 0 Å². The molecule has 2 aromatic carbocycles. The van der Waals surface area contributed by atoms with Gasteiger partial charge in [-0.1, -0.05) is 60.4 Å². The lowest BCUT2D eigenvalue weighted by molar-refractivity contribution is 0.0629. The highest BCUT2D eigenvalue weighted by Gasteiger charge is 2.20. The molecule has 0 saturated heterocycles. The van der Waals surface area contributed by atoms with Gasteiger partial charge in [-0.2, -0.15) is 0 Å². The quantitative estimate of drug-likeness (QED) is 0.793. The molecule has 0 bridgehead atoms. The van der Waals surface area contributed by atoms with E-state index < -0.39 is 5.60 Å². The first-order valence-corrected chi connectivity index (χ1v) is 6.00. The van der Waals surface area contributed by atoms with Gasteiger partial charge in [0, 0.05) is 12.0 Å². The van der Waals surface area contributed by atoms with Gasteiger partial charge < -0.3 is 5.11 Å². The molecule has 0 amide bonds. The molecular weight excluding hydrogens is 220 g/mol. The second-order valence-electron chi connectivity index (χ2n) is 4.48. The molecule has 0 aliphatic rings. The van der Waals surface area contributed by atoms with Gasteiger partial charge in [-0.25, -0.2) is 0 Å². The van der Waals surface area contributed by atoms with Crippen LogP contribution in [0.15, 0.2) is 60.7 Å². The summed E-state index contributed by atoms with van der Waals surface area (Å²) in [4.78, 5) is 0. The van der Waals surface area contributed by atoms with Crippen LogP contribution >= 0.6 is 0 Å². The Labute approximate surface area is 108 Å². The highest BCUT2D eigenvalue weighted by molar-refractivity contribution is 5.34. The third-order valence-corrected chi connectivity index (χ3v) is 2.83. The summed E-state index contributed by atoms with van der Waals surface area (Å²) in [6.07, 6.45) is 0.423. The third-order valence-electron chi connectivity index (χ3n) is 2.83. The molecule has 1 N–H and O–H groups in total. The second kappa shape index (κ2) is 5.53. The predicted octanol–water partition coefficient (Wildman–Crippen LogP) is 3.34. The zero-order valence-corrected chi connectivity index (χ0v) is 10.4. The van der Waals surface area contributed by atoms with Gasteiger partial charge in [0.15, 0.2) is 0 Å². The molecule has 90 valence electrons. The number of hydrogen-bond acceptors (Lipinski definition) is 1. The molecule has 0 radical (unpaired) electrons. The van der Waals surface area contributed by atoms with E-state index in [2.05, 4.69) is 11.8 Å². The summed E-state index contributed by atoms with van der Waals surface area (Å²) in [5.74, 6) is 6.10. The van der Waals surface area contributed by atoms with Crippen molar-refractivity contribution < 1.29 is 5.11 Å². The van der Waals surface area contributed by atoms with Gasteiger partial charge >= 0.3 is 0 Å². The standard InChI is InChI=1S/C17H16O/c1-17(18,16-12-6-3-7-13-16)14-8-11-15-9-4-2-5-10-15/h2-7,9-10,12-13,18H,14H2,1H3/t17-/m1/s1. The summed E-state index contributed by atoms with van der Waals surface area (Å²) >= 11 is 0. The van der Waals surface area contributed by atoms with Crippen LogP contribution in [-0.4, -0.2) is 5.11 Å². The van der Waals surface area contributed by atoms with E-state index in [4.69, 9.17) is 0 Å². The Hall–Kier alpha value is -2.04. The van der Waals surface area contributed by atoms with Crippen LogP contribution in [0, 0.1) is 11.8 Å². The van der Waals surface area contributed by atoms with Crippen LogP contribution in [-0.2, 0) is 5.60 Å². The van der Waals surface area contributed by atoms with E-state index >= 15 is 0 Å². The van der Waals surface area contributed by atoms with E-state index in [1.54, 1.807) is 6.92 Å². The monoisotopic (exact) mass is 236 g/mol. The molecule has 0 spiro atoms. The number of rotatable bonds is 2. The van der Waals surface area contributed by atoms with Crippen molar-refractivity contribution in [3.8, 4) is 11.8 Å². The summed E-state index contributed by atoms with van der Waals surface area (Å²) in [5.41, 5.74) is 0.969. The first-order valence-electron chi connectivity index (χ1n) is 6.00. The van der Waals surface area contributed by atoms with Crippen molar-refractivity contribution in [2.75, 3.05) is 0 Å². The van der Waals surface area contributed by atoms with E-state index in [1.165, 1.54) is 0 Å². The number of benzene rings is 2. The minimum Gasteiger partial charge on any atom is -0.384 e. The van der Waals surface area contributed by atoms with Gasteiger partial charge in [-0.15, -0.1) is 0 Å². The molecule has 0 aliphatic heterocycles. The summed E-state index contributed by atoms with van der Waals surface area (Å²) < 4.78 is 0. The van der Waals surface area contributed by atoms with Gasteiger partial charge in [-0.3, -0.25) is 0 Å². The van der Waals surface area contributed by atoms with Crippen LogP contribution in [0.4, 0.5) is 0 Å². The smallest absolute Gasteiger partial charge is 0.0977 e. The first-order chi connectivity index (χ1) is 8.68. The van der Waals surface area contributed by atoms with Crippen molar-refractivity contribution in [2.45, 2.75) is 18.9 Å². The van der Waals surface area contributed by atoms with Gasteiger partial charge in [0.1, 0.15) is 0 Å². The highest BCUT2D eigenvalue weighted by Crippen LogP contribution is 2.23. The molecule has 1 heteroatoms. The van der Waals surface area contributed by atoms with Crippen LogP contribution in [0.3, 0.4) is 0 Å².